The fourth-order valence-corrected chi connectivity index (χ4v) is 1.77. The van der Waals surface area contributed by atoms with Gasteiger partial charge in [-0.1, -0.05) is 18.2 Å². The largest absolute Gasteiger partial charge is 0.455 e. The van der Waals surface area contributed by atoms with Crippen LogP contribution >= 0.6 is 11.6 Å². The zero-order chi connectivity index (χ0) is 13.7. The summed E-state index contributed by atoms with van der Waals surface area (Å²) in [5, 5.41) is 18.1. The van der Waals surface area contributed by atoms with E-state index in [9.17, 15) is 0 Å². The maximum atomic E-state index is 9.10. The zero-order valence-corrected chi connectivity index (χ0v) is 10.7. The molecular weight excluding hydrogens is 260 g/mol. The van der Waals surface area contributed by atoms with Gasteiger partial charge >= 0.3 is 0 Å². The Morgan fingerprint density at radius 2 is 1.63 bits per heavy atom. The summed E-state index contributed by atoms with van der Waals surface area (Å²) < 4.78 is 5.63. The van der Waals surface area contributed by atoms with Crippen LogP contribution in [0.25, 0.3) is 0 Å². The molecule has 2 aromatic carbocycles. The van der Waals surface area contributed by atoms with Crippen molar-refractivity contribution < 1.29 is 4.74 Å². The number of benzene rings is 2. The van der Waals surface area contributed by atoms with Gasteiger partial charge in [0.05, 0.1) is 11.1 Å². The molecule has 0 radical (unpaired) electrons. The van der Waals surface area contributed by atoms with Crippen molar-refractivity contribution in [1.82, 2.24) is 0 Å². The molecule has 0 spiro atoms. The van der Waals surface area contributed by atoms with Crippen molar-refractivity contribution in [2.45, 2.75) is 5.88 Å². The fraction of sp³-hybridized carbons (Fsp3) is 0.0667. The molecule has 3 nitrogen and oxygen atoms in total. The van der Waals surface area contributed by atoms with Crippen LogP contribution in [0.1, 0.15) is 16.7 Å². The van der Waals surface area contributed by atoms with Crippen LogP contribution in [0.15, 0.2) is 42.5 Å². The average molecular weight is 269 g/mol. The molecule has 0 N–H and O–H groups in total. The number of para-hydroxylation sites is 1. The Morgan fingerprint density at radius 1 is 0.947 bits per heavy atom. The molecule has 2 aromatic rings. The van der Waals surface area contributed by atoms with E-state index >= 15 is 0 Å². The van der Waals surface area contributed by atoms with E-state index in [1.54, 1.807) is 42.5 Å². The van der Waals surface area contributed by atoms with Crippen molar-refractivity contribution in [3.63, 3.8) is 0 Å². The third-order valence-electron chi connectivity index (χ3n) is 2.55. The smallest absolute Gasteiger partial charge is 0.145 e. The number of nitrogens with zero attached hydrogens (tertiary/aromatic N) is 2. The van der Waals surface area contributed by atoms with Crippen molar-refractivity contribution in [1.29, 1.82) is 10.5 Å². The Bertz CT molecular complexity index is 683. The van der Waals surface area contributed by atoms with Gasteiger partial charge in [0, 0.05) is 5.88 Å². The van der Waals surface area contributed by atoms with Gasteiger partial charge in [0.2, 0.25) is 0 Å². The van der Waals surface area contributed by atoms with Gasteiger partial charge in [0.15, 0.2) is 0 Å². The molecule has 0 aromatic heterocycles. The summed E-state index contributed by atoms with van der Waals surface area (Å²) in [5.74, 6) is 1.18. The number of hydrogen-bond donors (Lipinski definition) is 0. The van der Waals surface area contributed by atoms with Crippen LogP contribution in [0.5, 0.6) is 11.5 Å². The standard InChI is InChI=1S/C15H9ClN2O/c16-8-11-5-6-15(13(7-11)10-18)19-14-4-2-1-3-12(14)9-17/h1-7H,8H2. The summed E-state index contributed by atoms with van der Waals surface area (Å²) in [7, 11) is 0. The van der Waals surface area contributed by atoms with Crippen molar-refractivity contribution in [2.24, 2.45) is 0 Å². The fourth-order valence-electron chi connectivity index (χ4n) is 1.60. The van der Waals surface area contributed by atoms with Crippen LogP contribution in [0.4, 0.5) is 0 Å². The maximum Gasteiger partial charge on any atom is 0.145 e. The predicted octanol–water partition coefficient (Wildman–Crippen LogP) is 3.96. The second kappa shape index (κ2) is 5.91. The van der Waals surface area contributed by atoms with E-state index in [4.69, 9.17) is 26.9 Å². The average Bonchev–Trinajstić information content (AvgIpc) is 2.48. The normalized spacial score (nSPS) is 9.42. The molecule has 0 fully saturated rings. The lowest BCUT2D eigenvalue weighted by molar-refractivity contribution is 0.479. The minimum atomic E-state index is 0.337. The van der Waals surface area contributed by atoms with E-state index in [1.807, 2.05) is 6.07 Å². The summed E-state index contributed by atoms with van der Waals surface area (Å²) in [6.45, 7) is 0. The quantitative estimate of drug-likeness (QED) is 0.792. The molecule has 19 heavy (non-hydrogen) atoms. The van der Waals surface area contributed by atoms with Gasteiger partial charge in [-0.25, -0.2) is 0 Å². The van der Waals surface area contributed by atoms with Gasteiger partial charge in [-0.2, -0.15) is 10.5 Å². The van der Waals surface area contributed by atoms with Gasteiger partial charge in [-0.3, -0.25) is 0 Å². The van der Waals surface area contributed by atoms with Crippen molar-refractivity contribution in [3.05, 3.63) is 59.2 Å². The summed E-state index contributed by atoms with van der Waals surface area (Å²) >= 11 is 5.72. The van der Waals surface area contributed by atoms with Crippen LogP contribution in [-0.4, -0.2) is 0 Å². The third-order valence-corrected chi connectivity index (χ3v) is 2.85. The van der Waals surface area contributed by atoms with E-state index in [-0.39, 0.29) is 0 Å². The molecular formula is C15H9ClN2O. The first-order valence-electron chi connectivity index (χ1n) is 5.54. The predicted molar refractivity (Wildman–Crippen MR) is 71.9 cm³/mol. The number of hydrogen-bond acceptors (Lipinski definition) is 3. The molecule has 0 aliphatic rings. The number of halogens is 1. The van der Waals surface area contributed by atoms with Crippen molar-refractivity contribution in [3.8, 4) is 23.6 Å². The number of nitriles is 2. The lowest BCUT2D eigenvalue weighted by Gasteiger charge is -2.09. The molecule has 0 aliphatic carbocycles. The molecule has 0 bridgehead atoms. The van der Waals surface area contributed by atoms with E-state index in [0.717, 1.165) is 5.56 Å². The number of alkyl halides is 1. The summed E-state index contributed by atoms with van der Waals surface area (Å²) in [4.78, 5) is 0. The van der Waals surface area contributed by atoms with E-state index in [2.05, 4.69) is 6.07 Å². The molecule has 0 heterocycles. The van der Waals surface area contributed by atoms with Gasteiger partial charge in [-0.15, -0.1) is 11.6 Å². The molecule has 0 atom stereocenters. The highest BCUT2D eigenvalue weighted by Gasteiger charge is 2.08. The zero-order valence-electron chi connectivity index (χ0n) is 9.93. The SMILES string of the molecule is N#Cc1ccccc1Oc1ccc(CCl)cc1C#N. The van der Waals surface area contributed by atoms with Crippen molar-refractivity contribution >= 4 is 11.6 Å². The molecule has 0 aliphatic heterocycles. The Kier molecular flexibility index (Phi) is 4.03. The highest BCUT2D eigenvalue weighted by atomic mass is 35.5. The first-order chi connectivity index (χ1) is 9.28. The molecule has 92 valence electrons. The van der Waals surface area contributed by atoms with E-state index in [1.165, 1.54) is 0 Å². The minimum Gasteiger partial charge on any atom is -0.455 e. The molecule has 2 rings (SSSR count). The van der Waals surface area contributed by atoms with Crippen LogP contribution in [0, 0.1) is 22.7 Å². The molecule has 0 saturated heterocycles. The van der Waals surface area contributed by atoms with Crippen molar-refractivity contribution in [2.75, 3.05) is 0 Å². The Morgan fingerprint density at radius 3 is 2.32 bits per heavy atom. The Balaban J connectivity index is 2.39. The second-order valence-electron chi connectivity index (χ2n) is 3.79. The second-order valence-corrected chi connectivity index (χ2v) is 4.05. The Hall–Kier alpha value is -2.49. The topological polar surface area (TPSA) is 56.8 Å². The first kappa shape index (κ1) is 13.0. The van der Waals surface area contributed by atoms with Gasteiger partial charge < -0.3 is 4.74 Å². The summed E-state index contributed by atoms with van der Waals surface area (Å²) in [6, 6.07) is 16.1. The minimum absolute atomic E-state index is 0.337. The van der Waals surface area contributed by atoms with Crippen LogP contribution in [0.3, 0.4) is 0 Å². The van der Waals surface area contributed by atoms with Crippen LogP contribution < -0.4 is 4.74 Å². The monoisotopic (exact) mass is 268 g/mol. The lowest BCUT2D eigenvalue weighted by atomic mass is 10.1. The van der Waals surface area contributed by atoms with Gasteiger partial charge in [0.25, 0.3) is 0 Å². The number of ether oxygens (including phenoxy) is 1. The van der Waals surface area contributed by atoms with Crippen LogP contribution in [0.2, 0.25) is 0 Å². The molecule has 0 amide bonds. The number of rotatable bonds is 3. The summed E-state index contributed by atoms with van der Waals surface area (Å²) in [6.07, 6.45) is 0. The molecule has 0 unspecified atom stereocenters. The molecule has 0 saturated carbocycles. The van der Waals surface area contributed by atoms with E-state index < -0.39 is 0 Å². The van der Waals surface area contributed by atoms with Crippen LogP contribution in [-0.2, 0) is 5.88 Å². The van der Waals surface area contributed by atoms with Gasteiger partial charge in [0.1, 0.15) is 23.6 Å². The molecule has 4 heteroatoms. The summed E-state index contributed by atoms with van der Waals surface area (Å²) in [5.41, 5.74) is 1.66. The first-order valence-corrected chi connectivity index (χ1v) is 6.08. The lowest BCUT2D eigenvalue weighted by Crippen LogP contribution is -1.92. The Labute approximate surface area is 116 Å². The maximum absolute atomic E-state index is 9.10. The van der Waals surface area contributed by atoms with E-state index in [0.29, 0.717) is 28.5 Å². The highest BCUT2D eigenvalue weighted by molar-refractivity contribution is 6.17. The van der Waals surface area contributed by atoms with Gasteiger partial charge in [-0.05, 0) is 29.8 Å². The highest BCUT2D eigenvalue weighted by Crippen LogP contribution is 2.28. The third kappa shape index (κ3) is 2.85.